The number of amides is 1. The van der Waals surface area contributed by atoms with E-state index in [9.17, 15) is 4.79 Å². The number of pyridine rings is 1. The number of hydrogen-bond acceptors (Lipinski definition) is 5. The molecule has 2 N–H and O–H groups in total. The van der Waals surface area contributed by atoms with Crippen LogP contribution in [0.25, 0.3) is 11.1 Å². The van der Waals surface area contributed by atoms with Gasteiger partial charge in [0.1, 0.15) is 0 Å². The third-order valence-electron chi connectivity index (χ3n) is 4.94. The second kappa shape index (κ2) is 7.94. The first-order valence-electron chi connectivity index (χ1n) is 9.19. The lowest BCUT2D eigenvalue weighted by molar-refractivity contribution is -0.131. The molecule has 1 atom stereocenters. The largest absolute Gasteiger partial charge is 0.368 e. The van der Waals surface area contributed by atoms with Gasteiger partial charge in [0.05, 0.1) is 18.2 Å². The number of halogens is 1. The Balaban J connectivity index is 1.66. The van der Waals surface area contributed by atoms with Gasteiger partial charge in [-0.1, -0.05) is 29.8 Å². The fraction of sp³-hybridized carbons (Fsp3) is 0.238. The second-order valence-electron chi connectivity index (χ2n) is 6.78. The number of benzene rings is 1. The molecule has 2 aromatic heterocycles. The van der Waals surface area contributed by atoms with Crippen LogP contribution in [0.15, 0.2) is 54.9 Å². The number of anilines is 1. The highest BCUT2D eigenvalue weighted by Crippen LogP contribution is 2.37. The van der Waals surface area contributed by atoms with Crippen molar-refractivity contribution >= 4 is 23.5 Å². The second-order valence-corrected chi connectivity index (χ2v) is 7.21. The Kier molecular flexibility index (Phi) is 5.21. The van der Waals surface area contributed by atoms with E-state index in [1.54, 1.807) is 12.4 Å². The number of nitrogen functional groups attached to an aromatic ring is 1. The van der Waals surface area contributed by atoms with E-state index < -0.39 is 0 Å². The normalized spacial score (nSPS) is 16.3. The van der Waals surface area contributed by atoms with Gasteiger partial charge >= 0.3 is 0 Å². The number of hydrogen-bond donors (Lipinski definition) is 1. The van der Waals surface area contributed by atoms with Gasteiger partial charge in [-0.2, -0.15) is 0 Å². The lowest BCUT2D eigenvalue weighted by Gasteiger charge is -2.26. The van der Waals surface area contributed by atoms with E-state index in [4.69, 9.17) is 17.3 Å². The minimum atomic E-state index is -0.132. The van der Waals surface area contributed by atoms with Crippen LogP contribution in [0.1, 0.15) is 30.3 Å². The molecular weight excluding hydrogens is 374 g/mol. The van der Waals surface area contributed by atoms with E-state index in [-0.39, 0.29) is 24.3 Å². The highest BCUT2D eigenvalue weighted by Gasteiger charge is 2.33. The molecule has 0 radical (unpaired) electrons. The summed E-state index contributed by atoms with van der Waals surface area (Å²) in [5, 5.41) is 0.662. The zero-order valence-corrected chi connectivity index (χ0v) is 16.0. The van der Waals surface area contributed by atoms with Gasteiger partial charge in [-0.15, -0.1) is 0 Å². The monoisotopic (exact) mass is 393 g/mol. The van der Waals surface area contributed by atoms with Crippen LogP contribution in [-0.2, 0) is 11.2 Å². The van der Waals surface area contributed by atoms with Crippen molar-refractivity contribution in [2.75, 3.05) is 12.3 Å². The molecule has 0 spiro atoms. The number of nitrogens with zero attached hydrogens (tertiary/aromatic N) is 4. The van der Waals surface area contributed by atoms with Crippen molar-refractivity contribution in [2.24, 2.45) is 0 Å². The summed E-state index contributed by atoms with van der Waals surface area (Å²) in [5.74, 6) is 0.247. The van der Waals surface area contributed by atoms with Crippen molar-refractivity contribution in [1.82, 2.24) is 19.9 Å². The van der Waals surface area contributed by atoms with E-state index in [1.807, 2.05) is 47.4 Å². The number of carbonyl (C=O) groups is 1. The molecule has 1 unspecified atom stereocenters. The molecule has 1 aliphatic heterocycles. The van der Waals surface area contributed by atoms with Gasteiger partial charge in [0.25, 0.3) is 0 Å². The lowest BCUT2D eigenvalue weighted by atomic mass is 9.99. The van der Waals surface area contributed by atoms with Crippen molar-refractivity contribution in [2.45, 2.75) is 25.3 Å². The molecule has 0 aliphatic carbocycles. The fourth-order valence-electron chi connectivity index (χ4n) is 3.62. The Hall–Kier alpha value is -2.99. The summed E-state index contributed by atoms with van der Waals surface area (Å²) in [7, 11) is 0. The summed E-state index contributed by atoms with van der Waals surface area (Å²) in [6.07, 6.45) is 5.45. The quantitative estimate of drug-likeness (QED) is 0.730. The van der Waals surface area contributed by atoms with Crippen molar-refractivity contribution < 1.29 is 4.79 Å². The summed E-state index contributed by atoms with van der Waals surface area (Å²) in [4.78, 5) is 27.8. The first-order chi connectivity index (χ1) is 13.6. The van der Waals surface area contributed by atoms with Crippen LogP contribution in [0.2, 0.25) is 5.02 Å². The summed E-state index contributed by atoms with van der Waals surface area (Å²) in [5.41, 5.74) is 9.24. The van der Waals surface area contributed by atoms with Crippen LogP contribution in [-0.4, -0.2) is 32.3 Å². The Morgan fingerprint density at radius 2 is 2.00 bits per heavy atom. The van der Waals surface area contributed by atoms with Gasteiger partial charge in [-0.25, -0.2) is 9.97 Å². The van der Waals surface area contributed by atoms with E-state index in [0.717, 1.165) is 35.4 Å². The molecule has 1 aliphatic rings. The molecule has 0 bridgehead atoms. The zero-order chi connectivity index (χ0) is 19.5. The molecule has 3 heterocycles. The van der Waals surface area contributed by atoms with Crippen molar-refractivity contribution in [3.05, 3.63) is 71.3 Å². The predicted octanol–water partition coefficient (Wildman–Crippen LogP) is 3.68. The summed E-state index contributed by atoms with van der Waals surface area (Å²) >= 11 is 6.02. The highest BCUT2D eigenvalue weighted by atomic mass is 35.5. The van der Waals surface area contributed by atoms with Crippen LogP contribution in [0.3, 0.4) is 0 Å². The minimum Gasteiger partial charge on any atom is -0.368 e. The van der Waals surface area contributed by atoms with Crippen LogP contribution in [0.5, 0.6) is 0 Å². The Morgan fingerprint density at radius 3 is 2.75 bits per heavy atom. The lowest BCUT2D eigenvalue weighted by Crippen LogP contribution is -2.32. The van der Waals surface area contributed by atoms with Gasteiger partial charge in [0.2, 0.25) is 11.9 Å². The fourth-order valence-corrected chi connectivity index (χ4v) is 3.75. The van der Waals surface area contributed by atoms with E-state index in [2.05, 4.69) is 15.0 Å². The van der Waals surface area contributed by atoms with E-state index in [1.165, 1.54) is 0 Å². The van der Waals surface area contributed by atoms with Crippen LogP contribution < -0.4 is 5.73 Å². The average molecular weight is 394 g/mol. The molecule has 1 saturated heterocycles. The van der Waals surface area contributed by atoms with Gasteiger partial charge in [-0.05, 0) is 42.7 Å². The molecule has 28 heavy (non-hydrogen) atoms. The van der Waals surface area contributed by atoms with Gasteiger partial charge < -0.3 is 10.6 Å². The average Bonchev–Trinajstić information content (AvgIpc) is 3.19. The predicted molar refractivity (Wildman–Crippen MR) is 109 cm³/mol. The van der Waals surface area contributed by atoms with E-state index in [0.29, 0.717) is 11.6 Å². The molecule has 142 valence electrons. The van der Waals surface area contributed by atoms with Crippen LogP contribution >= 0.6 is 11.6 Å². The summed E-state index contributed by atoms with van der Waals surface area (Å²) in [6.45, 7) is 0.695. The molecular formula is C21H20ClN5O. The maximum atomic E-state index is 13.0. The first-order valence-corrected chi connectivity index (χ1v) is 9.57. The smallest absolute Gasteiger partial charge is 0.229 e. The SMILES string of the molecule is Nc1ncc(-c2ccc(Cl)cc2)c(C2CCCN2C(=O)Cc2ccccn2)n1. The number of carbonyl (C=O) groups excluding carboxylic acids is 1. The molecule has 6 nitrogen and oxygen atoms in total. The van der Waals surface area contributed by atoms with Gasteiger partial charge in [-0.3, -0.25) is 9.78 Å². The van der Waals surface area contributed by atoms with Crippen molar-refractivity contribution in [3.63, 3.8) is 0 Å². The standard InChI is InChI=1S/C21H20ClN5O/c22-15-8-6-14(7-9-15)17-13-25-21(23)26-20(17)18-5-3-11-27(18)19(28)12-16-4-1-2-10-24-16/h1-2,4,6-10,13,18H,3,5,11-12H2,(H2,23,25,26). The molecule has 1 fully saturated rings. The van der Waals surface area contributed by atoms with Crippen LogP contribution in [0.4, 0.5) is 5.95 Å². The summed E-state index contributed by atoms with van der Waals surface area (Å²) < 4.78 is 0. The molecule has 4 rings (SSSR count). The third-order valence-corrected chi connectivity index (χ3v) is 5.19. The topological polar surface area (TPSA) is 85.0 Å². The first kappa shape index (κ1) is 18.4. The van der Waals surface area contributed by atoms with E-state index >= 15 is 0 Å². The Morgan fingerprint density at radius 1 is 1.18 bits per heavy atom. The molecule has 3 aromatic rings. The summed E-state index contributed by atoms with van der Waals surface area (Å²) in [6, 6.07) is 13.0. The minimum absolute atomic E-state index is 0.0421. The molecule has 1 aromatic carbocycles. The number of likely N-dealkylation sites (tertiary alicyclic amines) is 1. The number of rotatable bonds is 4. The van der Waals surface area contributed by atoms with Crippen molar-refractivity contribution in [1.29, 1.82) is 0 Å². The Bertz CT molecular complexity index is 978. The highest BCUT2D eigenvalue weighted by molar-refractivity contribution is 6.30. The third kappa shape index (κ3) is 3.82. The maximum absolute atomic E-state index is 13.0. The maximum Gasteiger partial charge on any atom is 0.229 e. The number of aromatic nitrogens is 3. The van der Waals surface area contributed by atoms with Crippen molar-refractivity contribution in [3.8, 4) is 11.1 Å². The van der Waals surface area contributed by atoms with Crippen LogP contribution in [0, 0.1) is 0 Å². The van der Waals surface area contributed by atoms with Gasteiger partial charge in [0, 0.05) is 35.2 Å². The zero-order valence-electron chi connectivity index (χ0n) is 15.3. The molecule has 0 saturated carbocycles. The molecule has 1 amide bonds. The molecule has 7 heteroatoms. The Labute approximate surface area is 168 Å². The van der Waals surface area contributed by atoms with Gasteiger partial charge in [0.15, 0.2) is 0 Å². The number of nitrogens with two attached hydrogens (primary N) is 1.